The van der Waals surface area contributed by atoms with Gasteiger partial charge in [-0.15, -0.1) is 0 Å². The summed E-state index contributed by atoms with van der Waals surface area (Å²) in [6.07, 6.45) is 0. The van der Waals surface area contributed by atoms with Gasteiger partial charge in [0.15, 0.2) is 5.16 Å². The van der Waals surface area contributed by atoms with Gasteiger partial charge in [0.05, 0.1) is 21.8 Å². The fourth-order valence-corrected chi connectivity index (χ4v) is 5.02. The second kappa shape index (κ2) is 9.79. The van der Waals surface area contributed by atoms with Gasteiger partial charge in [-0.3, -0.25) is 14.2 Å². The Morgan fingerprint density at radius 2 is 1.88 bits per heavy atom. The van der Waals surface area contributed by atoms with Crippen molar-refractivity contribution >= 4 is 40.2 Å². The fourth-order valence-electron chi connectivity index (χ4n) is 3.84. The van der Waals surface area contributed by atoms with Crippen LogP contribution in [0.1, 0.15) is 13.8 Å². The molecule has 1 aliphatic heterocycles. The summed E-state index contributed by atoms with van der Waals surface area (Å²) in [5.74, 6) is -1.74. The molecule has 0 spiro atoms. The number of hydrogen-bond acceptors (Lipinski definition) is 5. The van der Waals surface area contributed by atoms with E-state index in [2.05, 4.69) is 16.8 Å². The molecule has 4 rings (SSSR count). The molecule has 0 aliphatic carbocycles. The van der Waals surface area contributed by atoms with E-state index < -0.39 is 22.4 Å². The molecule has 1 unspecified atom stereocenters. The van der Waals surface area contributed by atoms with Crippen molar-refractivity contribution in [2.45, 2.75) is 24.3 Å². The van der Waals surface area contributed by atoms with E-state index in [9.17, 15) is 18.4 Å². The Hall–Kier alpha value is -2.49. The van der Waals surface area contributed by atoms with Crippen LogP contribution in [0.25, 0.3) is 16.6 Å². The van der Waals surface area contributed by atoms with Gasteiger partial charge in [-0.25, -0.2) is 13.8 Å². The first-order valence-corrected chi connectivity index (χ1v) is 11.9. The Bertz CT molecular complexity index is 1260. The maximum Gasteiger partial charge on any atom is 0.266 e. The van der Waals surface area contributed by atoms with Crippen molar-refractivity contribution in [1.29, 1.82) is 0 Å². The largest absolute Gasteiger partial charge is 0.339 e. The lowest BCUT2D eigenvalue weighted by Crippen LogP contribution is -2.50. The van der Waals surface area contributed by atoms with Gasteiger partial charge in [0, 0.05) is 37.3 Å². The van der Waals surface area contributed by atoms with Crippen LogP contribution in [0, 0.1) is 11.6 Å². The van der Waals surface area contributed by atoms with Gasteiger partial charge < -0.3 is 9.80 Å². The molecular formula is C23H23ClF2N4O2S. The second-order valence-corrected chi connectivity index (χ2v) is 9.56. The van der Waals surface area contributed by atoms with Crippen molar-refractivity contribution in [3.8, 4) is 5.69 Å². The summed E-state index contributed by atoms with van der Waals surface area (Å²) in [7, 11) is 0. The molecule has 0 radical (unpaired) electrons. The summed E-state index contributed by atoms with van der Waals surface area (Å²) < 4.78 is 29.3. The number of amides is 1. The zero-order chi connectivity index (χ0) is 23.7. The van der Waals surface area contributed by atoms with E-state index >= 15 is 0 Å². The number of carbonyl (C=O) groups is 1. The van der Waals surface area contributed by atoms with Crippen molar-refractivity contribution < 1.29 is 13.6 Å². The average molecular weight is 493 g/mol. The third-order valence-electron chi connectivity index (χ3n) is 5.71. The van der Waals surface area contributed by atoms with Gasteiger partial charge in [0.1, 0.15) is 11.6 Å². The maximum atomic E-state index is 14.7. The Labute approximate surface area is 199 Å². The van der Waals surface area contributed by atoms with Crippen LogP contribution in [0.5, 0.6) is 0 Å². The Kier molecular flexibility index (Phi) is 7.02. The van der Waals surface area contributed by atoms with E-state index in [1.165, 1.54) is 12.1 Å². The lowest BCUT2D eigenvalue weighted by molar-refractivity contribution is -0.132. The molecule has 6 nitrogen and oxygen atoms in total. The second-order valence-electron chi connectivity index (χ2n) is 7.81. The predicted octanol–water partition coefficient (Wildman–Crippen LogP) is 3.96. The van der Waals surface area contributed by atoms with Crippen molar-refractivity contribution in [1.82, 2.24) is 19.4 Å². The van der Waals surface area contributed by atoms with Crippen molar-refractivity contribution in [2.75, 3.05) is 32.7 Å². The molecule has 1 fully saturated rings. The molecular weight excluding hydrogens is 470 g/mol. The molecule has 0 bridgehead atoms. The summed E-state index contributed by atoms with van der Waals surface area (Å²) >= 11 is 7.13. The van der Waals surface area contributed by atoms with Crippen LogP contribution < -0.4 is 5.56 Å². The van der Waals surface area contributed by atoms with Crippen LogP contribution >= 0.6 is 23.4 Å². The third-order valence-corrected chi connectivity index (χ3v) is 6.99. The van der Waals surface area contributed by atoms with Crippen molar-refractivity contribution in [2.24, 2.45) is 0 Å². The monoisotopic (exact) mass is 492 g/mol. The van der Waals surface area contributed by atoms with Gasteiger partial charge in [0.2, 0.25) is 5.91 Å². The number of fused-ring (bicyclic) bond motifs is 1. The number of hydrogen-bond donors (Lipinski definition) is 0. The number of benzene rings is 2. The summed E-state index contributed by atoms with van der Waals surface area (Å²) in [5, 5.41) is 0.117. The van der Waals surface area contributed by atoms with Gasteiger partial charge in [-0.1, -0.05) is 30.3 Å². The number of nitrogens with zero attached hydrogens (tertiary/aromatic N) is 4. The molecule has 174 valence electrons. The molecule has 0 N–H and O–H groups in total. The standard InChI is InChI=1S/C23H23ClF2N4O2S/c1-3-28-8-10-29(11-9-28)21(31)14(2)33-23-27-19-6-4-15(24)12-17(19)22(32)30(23)20-7-5-16(25)13-18(20)26/h4-7,12-14H,3,8-11H2,1-2H3. The third kappa shape index (κ3) is 4.90. The Balaban J connectivity index is 1.74. The lowest BCUT2D eigenvalue weighted by Gasteiger charge is -2.35. The first-order valence-electron chi connectivity index (χ1n) is 10.6. The van der Waals surface area contributed by atoms with E-state index in [4.69, 9.17) is 11.6 Å². The Morgan fingerprint density at radius 3 is 2.55 bits per heavy atom. The average Bonchev–Trinajstić information content (AvgIpc) is 2.80. The van der Waals surface area contributed by atoms with E-state index in [0.717, 1.165) is 42.0 Å². The molecule has 0 saturated carbocycles. The summed E-state index contributed by atoms with van der Waals surface area (Å²) in [6, 6.07) is 7.63. The highest BCUT2D eigenvalue weighted by Gasteiger charge is 2.27. The highest BCUT2D eigenvalue weighted by atomic mass is 35.5. The number of carbonyl (C=O) groups excluding carboxylic acids is 1. The molecule has 2 aromatic carbocycles. The van der Waals surface area contributed by atoms with Crippen LogP contribution in [0.4, 0.5) is 8.78 Å². The molecule has 1 saturated heterocycles. The van der Waals surface area contributed by atoms with Crippen LogP contribution in [0.2, 0.25) is 5.02 Å². The minimum absolute atomic E-state index is 0.0765. The highest BCUT2D eigenvalue weighted by Crippen LogP contribution is 2.28. The normalized spacial score (nSPS) is 15.7. The van der Waals surface area contributed by atoms with Gasteiger partial charge in [-0.05, 0) is 43.8 Å². The molecule has 2 heterocycles. The topological polar surface area (TPSA) is 58.4 Å². The van der Waals surface area contributed by atoms with Crippen molar-refractivity contribution in [3.05, 3.63) is 63.4 Å². The van der Waals surface area contributed by atoms with E-state index in [1.54, 1.807) is 24.0 Å². The summed E-state index contributed by atoms with van der Waals surface area (Å²) in [4.78, 5) is 35.0. The minimum Gasteiger partial charge on any atom is -0.339 e. The number of piperazine rings is 1. The SMILES string of the molecule is CCN1CCN(C(=O)C(C)Sc2nc3ccc(Cl)cc3c(=O)n2-c2ccc(F)cc2F)CC1. The number of likely N-dealkylation sites (N-methyl/N-ethyl adjacent to an activating group) is 1. The van der Waals surface area contributed by atoms with Gasteiger partial charge in [0.25, 0.3) is 5.56 Å². The number of rotatable bonds is 5. The first kappa shape index (κ1) is 23.7. The first-order chi connectivity index (χ1) is 15.8. The van der Waals surface area contributed by atoms with Crippen LogP contribution in [-0.4, -0.2) is 63.2 Å². The van der Waals surface area contributed by atoms with Crippen molar-refractivity contribution in [3.63, 3.8) is 0 Å². The Morgan fingerprint density at radius 1 is 1.15 bits per heavy atom. The number of aromatic nitrogens is 2. The van der Waals surface area contributed by atoms with Crippen LogP contribution in [0.3, 0.4) is 0 Å². The number of halogens is 3. The van der Waals surface area contributed by atoms with Gasteiger partial charge in [-0.2, -0.15) is 0 Å². The van der Waals surface area contributed by atoms with Crippen LogP contribution in [-0.2, 0) is 4.79 Å². The van der Waals surface area contributed by atoms with Gasteiger partial charge >= 0.3 is 0 Å². The quantitative estimate of drug-likeness (QED) is 0.398. The molecule has 3 aromatic rings. The van der Waals surface area contributed by atoms with Crippen LogP contribution in [0.15, 0.2) is 46.3 Å². The predicted molar refractivity (Wildman–Crippen MR) is 126 cm³/mol. The summed E-state index contributed by atoms with van der Waals surface area (Å²) in [6.45, 7) is 7.62. The van der Waals surface area contributed by atoms with E-state index in [-0.39, 0.29) is 22.1 Å². The minimum atomic E-state index is -0.906. The summed E-state index contributed by atoms with van der Waals surface area (Å²) in [5.41, 5.74) is -0.317. The molecule has 1 aromatic heterocycles. The zero-order valence-electron chi connectivity index (χ0n) is 18.2. The maximum absolute atomic E-state index is 14.7. The number of thioether (sulfide) groups is 1. The zero-order valence-corrected chi connectivity index (χ0v) is 19.8. The van der Waals surface area contributed by atoms with E-state index in [1.807, 2.05) is 0 Å². The molecule has 33 heavy (non-hydrogen) atoms. The molecule has 1 atom stereocenters. The molecule has 10 heteroatoms. The van der Waals surface area contributed by atoms with E-state index in [0.29, 0.717) is 29.7 Å². The molecule has 1 amide bonds. The smallest absolute Gasteiger partial charge is 0.266 e. The lowest BCUT2D eigenvalue weighted by atomic mass is 10.2. The fraction of sp³-hybridized carbons (Fsp3) is 0.348. The molecule has 1 aliphatic rings. The highest BCUT2D eigenvalue weighted by molar-refractivity contribution is 8.00.